The molecular weight excluding hydrogens is 304 g/mol. The van der Waals surface area contributed by atoms with E-state index in [1.165, 1.54) is 0 Å². The zero-order valence-electron chi connectivity index (χ0n) is 9.34. The average molecular weight is 319 g/mol. The number of aliphatic hydroxyl groups excluding tert-OH is 1. The highest BCUT2D eigenvalue weighted by Crippen LogP contribution is 2.29. The molecule has 0 amide bonds. The number of hydrogen-bond acceptors (Lipinski definition) is 3. The minimum absolute atomic E-state index is 0.298. The maximum absolute atomic E-state index is 12.3. The van der Waals surface area contributed by atoms with Gasteiger partial charge in [-0.05, 0) is 37.1 Å². The van der Waals surface area contributed by atoms with E-state index in [1.54, 1.807) is 24.3 Å². The molecule has 1 N–H and O–H groups in total. The molecule has 0 heterocycles. The summed E-state index contributed by atoms with van der Waals surface area (Å²) >= 11 is 3.28. The molecule has 1 aromatic rings. The van der Waals surface area contributed by atoms with E-state index in [4.69, 9.17) is 0 Å². The second-order valence-corrected chi connectivity index (χ2v) is 7.47. The molecule has 94 valence electrons. The summed E-state index contributed by atoms with van der Waals surface area (Å²) in [5.74, 6) is 0. The van der Waals surface area contributed by atoms with Gasteiger partial charge in [0.25, 0.3) is 0 Å². The lowest BCUT2D eigenvalue weighted by Gasteiger charge is -2.27. The molecule has 0 saturated heterocycles. The van der Waals surface area contributed by atoms with Crippen LogP contribution in [0.5, 0.6) is 0 Å². The van der Waals surface area contributed by atoms with Gasteiger partial charge in [0.1, 0.15) is 0 Å². The standard InChI is InChI=1S/C12H15BrO3S/c13-9-5-7-10(8-6-9)17(15,16)12-4-2-1-3-11(12)14/h5-8,11-12,14H,1-4H2. The van der Waals surface area contributed by atoms with Crippen LogP contribution in [0.25, 0.3) is 0 Å². The molecule has 2 unspecified atom stereocenters. The Labute approximate surface area is 110 Å². The first-order valence-electron chi connectivity index (χ1n) is 5.69. The maximum Gasteiger partial charge on any atom is 0.183 e. The summed E-state index contributed by atoms with van der Waals surface area (Å²) in [5, 5.41) is 9.19. The summed E-state index contributed by atoms with van der Waals surface area (Å²) in [6.07, 6.45) is 2.20. The molecule has 0 radical (unpaired) electrons. The Morgan fingerprint density at radius 2 is 1.71 bits per heavy atom. The zero-order chi connectivity index (χ0) is 12.5. The van der Waals surface area contributed by atoms with Crippen LogP contribution in [0.4, 0.5) is 0 Å². The predicted octanol–water partition coefficient (Wildman–Crippen LogP) is 2.53. The lowest BCUT2D eigenvalue weighted by atomic mass is 9.97. The Morgan fingerprint density at radius 1 is 1.12 bits per heavy atom. The molecule has 2 atom stereocenters. The van der Waals surface area contributed by atoms with Crippen molar-refractivity contribution in [2.75, 3.05) is 0 Å². The van der Waals surface area contributed by atoms with Crippen molar-refractivity contribution in [3.05, 3.63) is 28.7 Å². The quantitative estimate of drug-likeness (QED) is 0.911. The van der Waals surface area contributed by atoms with Crippen LogP contribution in [0, 0.1) is 0 Å². The number of hydrogen-bond donors (Lipinski definition) is 1. The first kappa shape index (κ1) is 13.1. The van der Waals surface area contributed by atoms with Gasteiger partial charge in [0.2, 0.25) is 0 Å². The SMILES string of the molecule is O=S(=O)(c1ccc(Br)cc1)C1CCCCC1O. The van der Waals surface area contributed by atoms with E-state index in [9.17, 15) is 13.5 Å². The minimum atomic E-state index is -3.40. The Bertz CT molecular complexity index is 481. The van der Waals surface area contributed by atoms with Crippen LogP contribution in [-0.4, -0.2) is 24.9 Å². The average Bonchev–Trinajstić information content (AvgIpc) is 2.30. The van der Waals surface area contributed by atoms with Crippen LogP contribution in [0.2, 0.25) is 0 Å². The summed E-state index contributed by atoms with van der Waals surface area (Å²) < 4.78 is 25.5. The van der Waals surface area contributed by atoms with Gasteiger partial charge in [-0.1, -0.05) is 28.8 Å². The summed E-state index contributed by atoms with van der Waals surface area (Å²) in [6, 6.07) is 6.59. The highest BCUT2D eigenvalue weighted by molar-refractivity contribution is 9.10. The third-order valence-electron chi connectivity index (χ3n) is 3.21. The first-order chi connectivity index (χ1) is 8.01. The summed E-state index contributed by atoms with van der Waals surface area (Å²) in [5.41, 5.74) is 0. The topological polar surface area (TPSA) is 54.4 Å². The number of aliphatic hydroxyl groups is 1. The van der Waals surface area contributed by atoms with Crippen molar-refractivity contribution in [1.82, 2.24) is 0 Å². The highest BCUT2D eigenvalue weighted by Gasteiger charge is 2.35. The Hall–Kier alpha value is -0.390. The van der Waals surface area contributed by atoms with Gasteiger partial charge in [-0.15, -0.1) is 0 Å². The molecule has 1 fully saturated rings. The zero-order valence-corrected chi connectivity index (χ0v) is 11.7. The molecule has 5 heteroatoms. The van der Waals surface area contributed by atoms with Crippen LogP contribution < -0.4 is 0 Å². The molecule has 0 spiro atoms. The van der Waals surface area contributed by atoms with Crippen LogP contribution in [0.15, 0.2) is 33.6 Å². The molecule has 1 aromatic carbocycles. The lowest BCUT2D eigenvalue weighted by molar-refractivity contribution is 0.133. The van der Waals surface area contributed by atoms with Gasteiger partial charge in [0.05, 0.1) is 16.2 Å². The van der Waals surface area contributed by atoms with Crippen molar-refractivity contribution in [3.63, 3.8) is 0 Å². The number of rotatable bonds is 2. The van der Waals surface area contributed by atoms with E-state index in [0.29, 0.717) is 17.7 Å². The van der Waals surface area contributed by atoms with Gasteiger partial charge in [0.15, 0.2) is 9.84 Å². The van der Waals surface area contributed by atoms with Crippen molar-refractivity contribution >= 4 is 25.8 Å². The summed E-state index contributed by atoms with van der Waals surface area (Å²) in [4.78, 5) is 0.298. The predicted molar refractivity (Wildman–Crippen MR) is 69.6 cm³/mol. The number of sulfone groups is 1. The molecule has 1 saturated carbocycles. The van der Waals surface area contributed by atoms with Crippen LogP contribution in [-0.2, 0) is 9.84 Å². The Kier molecular flexibility index (Phi) is 3.90. The third-order valence-corrected chi connectivity index (χ3v) is 6.01. The molecule has 1 aliphatic rings. The van der Waals surface area contributed by atoms with Gasteiger partial charge in [0, 0.05) is 4.47 Å². The minimum Gasteiger partial charge on any atom is -0.392 e. The molecule has 3 nitrogen and oxygen atoms in total. The van der Waals surface area contributed by atoms with Gasteiger partial charge in [-0.25, -0.2) is 8.42 Å². The van der Waals surface area contributed by atoms with Crippen LogP contribution in [0.3, 0.4) is 0 Å². The molecular formula is C12H15BrO3S. The second kappa shape index (κ2) is 5.08. The number of halogens is 1. The molecule has 0 bridgehead atoms. The van der Waals surface area contributed by atoms with Crippen molar-refractivity contribution < 1.29 is 13.5 Å². The molecule has 2 rings (SSSR count). The fourth-order valence-electron chi connectivity index (χ4n) is 2.24. The van der Waals surface area contributed by atoms with Crippen molar-refractivity contribution in [1.29, 1.82) is 0 Å². The van der Waals surface area contributed by atoms with Crippen LogP contribution >= 0.6 is 15.9 Å². The van der Waals surface area contributed by atoms with Crippen molar-refractivity contribution in [3.8, 4) is 0 Å². The number of benzene rings is 1. The smallest absolute Gasteiger partial charge is 0.183 e. The largest absolute Gasteiger partial charge is 0.392 e. The highest BCUT2D eigenvalue weighted by atomic mass is 79.9. The normalized spacial score (nSPS) is 25.8. The molecule has 0 aliphatic heterocycles. The fraction of sp³-hybridized carbons (Fsp3) is 0.500. The van der Waals surface area contributed by atoms with E-state index in [0.717, 1.165) is 17.3 Å². The monoisotopic (exact) mass is 318 g/mol. The van der Waals surface area contributed by atoms with Crippen molar-refractivity contribution in [2.45, 2.75) is 41.9 Å². The molecule has 17 heavy (non-hydrogen) atoms. The molecule has 1 aliphatic carbocycles. The van der Waals surface area contributed by atoms with Gasteiger partial charge < -0.3 is 5.11 Å². The second-order valence-electron chi connectivity index (χ2n) is 4.39. The van der Waals surface area contributed by atoms with E-state index >= 15 is 0 Å². The van der Waals surface area contributed by atoms with Crippen molar-refractivity contribution in [2.24, 2.45) is 0 Å². The fourth-order valence-corrected chi connectivity index (χ4v) is 4.39. The summed E-state index contributed by atoms with van der Waals surface area (Å²) in [6.45, 7) is 0. The van der Waals surface area contributed by atoms with Gasteiger partial charge >= 0.3 is 0 Å². The Morgan fingerprint density at radius 3 is 2.29 bits per heavy atom. The van der Waals surface area contributed by atoms with E-state index < -0.39 is 21.2 Å². The van der Waals surface area contributed by atoms with E-state index in [1.807, 2.05) is 0 Å². The van der Waals surface area contributed by atoms with Crippen LogP contribution in [0.1, 0.15) is 25.7 Å². The van der Waals surface area contributed by atoms with Gasteiger partial charge in [-0.3, -0.25) is 0 Å². The Balaban J connectivity index is 2.32. The maximum atomic E-state index is 12.3. The van der Waals surface area contributed by atoms with E-state index in [2.05, 4.69) is 15.9 Å². The lowest BCUT2D eigenvalue weighted by Crippen LogP contribution is -2.36. The first-order valence-corrected chi connectivity index (χ1v) is 8.03. The molecule has 0 aromatic heterocycles. The third kappa shape index (κ3) is 2.72. The summed E-state index contributed by atoms with van der Waals surface area (Å²) in [7, 11) is -3.40. The van der Waals surface area contributed by atoms with E-state index in [-0.39, 0.29) is 0 Å². The van der Waals surface area contributed by atoms with Gasteiger partial charge in [-0.2, -0.15) is 0 Å².